The molecule has 0 aromatic heterocycles. The third-order valence-electron chi connectivity index (χ3n) is 3.10. The monoisotopic (exact) mass is 279 g/mol. The molecule has 0 unspecified atom stereocenters. The Morgan fingerprint density at radius 3 is 2.32 bits per heavy atom. The van der Waals surface area contributed by atoms with Gasteiger partial charge in [0.1, 0.15) is 4.90 Å². The first-order valence-corrected chi connectivity index (χ1v) is 7.74. The van der Waals surface area contributed by atoms with Gasteiger partial charge >= 0.3 is 10.1 Å². The van der Waals surface area contributed by atoms with Crippen LogP contribution in [0.3, 0.4) is 0 Å². The van der Waals surface area contributed by atoms with Crippen LogP contribution in [0.1, 0.15) is 37.7 Å². The zero-order valence-electron chi connectivity index (χ0n) is 10.7. The molecule has 0 spiro atoms. The summed E-state index contributed by atoms with van der Waals surface area (Å²) in [7, 11) is -3.81. The highest BCUT2D eigenvalue weighted by atomic mass is 32.2. The molecular weight excluding hydrogens is 262 g/mol. The summed E-state index contributed by atoms with van der Waals surface area (Å²) in [6.07, 6.45) is 6.58. The molecule has 1 aliphatic carbocycles. The van der Waals surface area contributed by atoms with Gasteiger partial charge in [-0.2, -0.15) is 8.42 Å². The van der Waals surface area contributed by atoms with Crippen LogP contribution in [-0.4, -0.2) is 14.1 Å². The van der Waals surface area contributed by atoms with Crippen molar-refractivity contribution in [3.8, 4) is 0 Å². The van der Waals surface area contributed by atoms with Crippen molar-refractivity contribution >= 4 is 21.9 Å². The van der Waals surface area contributed by atoms with Crippen molar-refractivity contribution in [3.63, 3.8) is 0 Å². The van der Waals surface area contributed by atoms with Gasteiger partial charge in [-0.05, 0) is 43.4 Å². The molecule has 5 heteroatoms. The molecule has 19 heavy (non-hydrogen) atoms. The summed E-state index contributed by atoms with van der Waals surface area (Å²) in [5.41, 5.74) is 1.69. The average Bonchev–Trinajstić information content (AvgIpc) is 2.46. The molecule has 4 nitrogen and oxygen atoms in total. The standard InChI is InChI=1S/C14H17NO3S/c1-2-12-8-10-14(11-9-12)19(16,17)18-15-13-6-4-3-5-7-13/h2,8-11H,1,3-7H2. The predicted octanol–water partition coefficient (Wildman–Crippen LogP) is 3.36. The van der Waals surface area contributed by atoms with E-state index in [-0.39, 0.29) is 4.90 Å². The predicted molar refractivity (Wildman–Crippen MR) is 75.3 cm³/mol. The largest absolute Gasteiger partial charge is 0.358 e. The molecular formula is C14H17NO3S. The third kappa shape index (κ3) is 3.67. The summed E-state index contributed by atoms with van der Waals surface area (Å²) in [4.78, 5) is 0.109. The van der Waals surface area contributed by atoms with E-state index < -0.39 is 10.1 Å². The van der Waals surface area contributed by atoms with Gasteiger partial charge in [-0.1, -0.05) is 36.4 Å². The number of benzene rings is 1. The maximum Gasteiger partial charge on any atom is 0.358 e. The fraction of sp³-hybridized carbons (Fsp3) is 0.357. The van der Waals surface area contributed by atoms with Crippen LogP contribution < -0.4 is 0 Å². The summed E-state index contributed by atoms with van der Waals surface area (Å²) in [6, 6.07) is 6.34. The first kappa shape index (κ1) is 13.8. The molecule has 2 rings (SSSR count). The van der Waals surface area contributed by atoms with Crippen LogP contribution in [0.5, 0.6) is 0 Å². The molecule has 0 radical (unpaired) electrons. The van der Waals surface area contributed by atoms with Crippen molar-refractivity contribution in [2.45, 2.75) is 37.0 Å². The van der Waals surface area contributed by atoms with E-state index in [1.165, 1.54) is 18.6 Å². The van der Waals surface area contributed by atoms with Crippen LogP contribution in [0.2, 0.25) is 0 Å². The maximum absolute atomic E-state index is 11.9. The lowest BCUT2D eigenvalue weighted by Gasteiger charge is -2.11. The van der Waals surface area contributed by atoms with Crippen molar-refractivity contribution in [1.29, 1.82) is 0 Å². The van der Waals surface area contributed by atoms with Crippen LogP contribution in [0.25, 0.3) is 6.08 Å². The van der Waals surface area contributed by atoms with Gasteiger partial charge in [-0.15, -0.1) is 0 Å². The smallest absolute Gasteiger partial charge is 0.265 e. The highest BCUT2D eigenvalue weighted by Crippen LogP contribution is 2.18. The summed E-state index contributed by atoms with van der Waals surface area (Å²) >= 11 is 0. The van der Waals surface area contributed by atoms with E-state index in [4.69, 9.17) is 4.28 Å². The highest BCUT2D eigenvalue weighted by molar-refractivity contribution is 7.86. The first-order valence-electron chi connectivity index (χ1n) is 6.34. The summed E-state index contributed by atoms with van der Waals surface area (Å²) in [6.45, 7) is 3.62. The van der Waals surface area contributed by atoms with Crippen LogP contribution in [0, 0.1) is 0 Å². The SMILES string of the molecule is C=Cc1ccc(S(=O)(=O)ON=C2CCCCC2)cc1. The normalized spacial score (nSPS) is 15.9. The molecule has 102 valence electrons. The summed E-state index contributed by atoms with van der Waals surface area (Å²) < 4.78 is 28.6. The Bertz CT molecular complexity index is 565. The Kier molecular flexibility index (Phi) is 4.37. The van der Waals surface area contributed by atoms with E-state index in [9.17, 15) is 8.42 Å². The summed E-state index contributed by atoms with van der Waals surface area (Å²) in [5, 5.41) is 3.78. The van der Waals surface area contributed by atoms with Gasteiger partial charge in [0.15, 0.2) is 0 Å². The molecule has 1 fully saturated rings. The molecule has 0 heterocycles. The van der Waals surface area contributed by atoms with Crippen molar-refractivity contribution in [1.82, 2.24) is 0 Å². The van der Waals surface area contributed by atoms with E-state index >= 15 is 0 Å². The van der Waals surface area contributed by atoms with E-state index in [1.807, 2.05) is 0 Å². The topological polar surface area (TPSA) is 55.7 Å². The van der Waals surface area contributed by atoms with Crippen LogP contribution in [0.15, 0.2) is 40.9 Å². The van der Waals surface area contributed by atoms with E-state index in [2.05, 4.69) is 11.7 Å². The van der Waals surface area contributed by atoms with E-state index in [1.54, 1.807) is 18.2 Å². The van der Waals surface area contributed by atoms with Crippen molar-refractivity contribution in [2.75, 3.05) is 0 Å². The molecule has 0 amide bonds. The molecule has 0 N–H and O–H groups in total. The Morgan fingerprint density at radius 1 is 1.11 bits per heavy atom. The van der Waals surface area contributed by atoms with Gasteiger partial charge in [0.25, 0.3) is 0 Å². The van der Waals surface area contributed by atoms with E-state index in [0.29, 0.717) is 0 Å². The Labute approximate surface area is 113 Å². The Hall–Kier alpha value is -1.62. The molecule has 1 aromatic carbocycles. The van der Waals surface area contributed by atoms with Crippen molar-refractivity contribution in [2.24, 2.45) is 5.16 Å². The molecule has 0 saturated heterocycles. The number of hydrogen-bond donors (Lipinski definition) is 0. The van der Waals surface area contributed by atoms with Crippen molar-refractivity contribution < 1.29 is 12.7 Å². The minimum atomic E-state index is -3.81. The minimum absolute atomic E-state index is 0.109. The van der Waals surface area contributed by atoms with Crippen LogP contribution in [0.4, 0.5) is 0 Å². The van der Waals surface area contributed by atoms with Gasteiger partial charge < -0.3 is 0 Å². The van der Waals surface area contributed by atoms with Gasteiger partial charge in [-0.25, -0.2) is 0 Å². The zero-order chi connectivity index (χ0) is 13.7. The van der Waals surface area contributed by atoms with Gasteiger partial charge in [0.2, 0.25) is 0 Å². The minimum Gasteiger partial charge on any atom is -0.265 e. The van der Waals surface area contributed by atoms with Gasteiger partial charge in [-0.3, -0.25) is 4.28 Å². The van der Waals surface area contributed by atoms with Crippen LogP contribution >= 0.6 is 0 Å². The second-order valence-electron chi connectivity index (χ2n) is 4.52. The molecule has 1 aromatic rings. The molecule has 0 atom stereocenters. The average molecular weight is 279 g/mol. The highest BCUT2D eigenvalue weighted by Gasteiger charge is 2.16. The first-order chi connectivity index (χ1) is 9.12. The van der Waals surface area contributed by atoms with E-state index in [0.717, 1.165) is 37.0 Å². The zero-order valence-corrected chi connectivity index (χ0v) is 11.5. The second-order valence-corrected chi connectivity index (χ2v) is 6.05. The molecule has 1 saturated carbocycles. The lowest BCUT2D eigenvalue weighted by molar-refractivity contribution is 0.334. The summed E-state index contributed by atoms with van der Waals surface area (Å²) in [5.74, 6) is 0. The number of hydrogen-bond acceptors (Lipinski definition) is 4. The van der Waals surface area contributed by atoms with Crippen LogP contribution in [-0.2, 0) is 14.4 Å². The number of rotatable bonds is 4. The number of nitrogens with zero attached hydrogens (tertiary/aromatic N) is 1. The van der Waals surface area contributed by atoms with Gasteiger partial charge in [0, 0.05) is 0 Å². The second kappa shape index (κ2) is 6.02. The molecule has 0 aliphatic heterocycles. The third-order valence-corrected chi connectivity index (χ3v) is 4.22. The fourth-order valence-corrected chi connectivity index (χ4v) is 2.73. The molecule has 1 aliphatic rings. The lowest BCUT2D eigenvalue weighted by Crippen LogP contribution is -2.08. The Balaban J connectivity index is 2.10. The maximum atomic E-state index is 11.9. The van der Waals surface area contributed by atoms with Crippen molar-refractivity contribution in [3.05, 3.63) is 36.4 Å². The fourth-order valence-electron chi connectivity index (χ4n) is 1.97. The Morgan fingerprint density at radius 2 is 1.74 bits per heavy atom. The van der Waals surface area contributed by atoms with Gasteiger partial charge in [0.05, 0.1) is 5.71 Å². The quantitative estimate of drug-likeness (QED) is 0.794. The lowest BCUT2D eigenvalue weighted by atomic mass is 9.99. The molecule has 0 bridgehead atoms. The number of oxime groups is 1.